The summed E-state index contributed by atoms with van der Waals surface area (Å²) in [6.45, 7) is 0. The predicted molar refractivity (Wildman–Crippen MR) is 113 cm³/mol. The molecule has 0 unspecified atom stereocenters. The Labute approximate surface area is 161 Å². The molecule has 0 bridgehead atoms. The Morgan fingerprint density at radius 3 is 2.59 bits per heavy atom. The van der Waals surface area contributed by atoms with E-state index in [-0.39, 0.29) is 0 Å². The number of hydrogen-bond acceptors (Lipinski definition) is 7. The van der Waals surface area contributed by atoms with Crippen molar-refractivity contribution in [2.24, 2.45) is 0 Å². The molecule has 4 rings (SSSR count). The molecule has 2 aromatic heterocycles. The van der Waals surface area contributed by atoms with Gasteiger partial charge in [-0.3, -0.25) is 0 Å². The Hall–Kier alpha value is -3.32. The van der Waals surface area contributed by atoms with Crippen molar-refractivity contribution in [1.82, 2.24) is 9.97 Å². The zero-order valence-electron chi connectivity index (χ0n) is 15.0. The van der Waals surface area contributed by atoms with Crippen molar-refractivity contribution in [2.45, 2.75) is 0 Å². The van der Waals surface area contributed by atoms with Crippen molar-refractivity contribution in [3.63, 3.8) is 0 Å². The van der Waals surface area contributed by atoms with E-state index in [2.05, 4.69) is 9.88 Å². The first kappa shape index (κ1) is 17.1. The fourth-order valence-electron chi connectivity index (χ4n) is 2.85. The lowest BCUT2D eigenvalue weighted by Crippen LogP contribution is -2.07. The smallest absolute Gasteiger partial charge is 0.163 e. The van der Waals surface area contributed by atoms with Crippen molar-refractivity contribution < 1.29 is 4.74 Å². The van der Waals surface area contributed by atoms with Gasteiger partial charge in [0.15, 0.2) is 5.82 Å². The van der Waals surface area contributed by atoms with E-state index in [0.29, 0.717) is 17.3 Å². The Bertz CT molecular complexity index is 1120. The van der Waals surface area contributed by atoms with E-state index in [9.17, 15) is 0 Å². The molecule has 0 radical (unpaired) electrons. The van der Waals surface area contributed by atoms with Crippen molar-refractivity contribution >= 4 is 43.7 Å². The number of fused-ring (bicyclic) bond motifs is 1. The van der Waals surface area contributed by atoms with Gasteiger partial charge in [-0.15, -0.1) is 0 Å². The molecular formula is C20H19N5OS. The number of aromatic nitrogens is 2. The number of thiophene rings is 1. The van der Waals surface area contributed by atoms with E-state index in [1.807, 2.05) is 61.6 Å². The lowest BCUT2D eigenvalue weighted by Gasteiger charge is -2.17. The van der Waals surface area contributed by atoms with Crippen LogP contribution in [0.1, 0.15) is 0 Å². The van der Waals surface area contributed by atoms with Gasteiger partial charge in [-0.25, -0.2) is 9.97 Å². The number of benzene rings is 2. The maximum absolute atomic E-state index is 6.22. The van der Waals surface area contributed by atoms with Crippen molar-refractivity contribution in [3.8, 4) is 17.1 Å². The molecule has 0 amide bonds. The molecule has 0 fully saturated rings. The summed E-state index contributed by atoms with van der Waals surface area (Å²) >= 11 is 1.56. The van der Waals surface area contributed by atoms with Crippen molar-refractivity contribution in [1.29, 1.82) is 0 Å². The highest BCUT2D eigenvalue weighted by Gasteiger charge is 2.14. The second-order valence-electron chi connectivity index (χ2n) is 6.12. The summed E-state index contributed by atoms with van der Waals surface area (Å²) in [7, 11) is 3.66. The Morgan fingerprint density at radius 2 is 1.81 bits per heavy atom. The maximum atomic E-state index is 6.22. The van der Waals surface area contributed by atoms with Gasteiger partial charge in [0.05, 0.1) is 17.5 Å². The second-order valence-corrected chi connectivity index (χ2v) is 7.13. The molecule has 0 saturated heterocycles. The number of rotatable bonds is 4. The molecule has 0 spiro atoms. The lowest BCUT2D eigenvalue weighted by atomic mass is 10.2. The van der Waals surface area contributed by atoms with E-state index in [4.69, 9.17) is 21.2 Å². The van der Waals surface area contributed by atoms with Crippen LogP contribution in [0.2, 0.25) is 0 Å². The number of nitrogens with zero attached hydrogens (tertiary/aromatic N) is 3. The molecule has 0 aliphatic carbocycles. The molecule has 7 heteroatoms. The number of methoxy groups -OCH3 is 1. The highest BCUT2D eigenvalue weighted by Crippen LogP contribution is 2.38. The Balaban J connectivity index is 1.76. The molecule has 6 nitrogen and oxygen atoms in total. The summed E-state index contributed by atoms with van der Waals surface area (Å²) in [5, 5.41) is 1.86. The third kappa shape index (κ3) is 3.24. The minimum atomic E-state index is 0.457. The number of hydrogen-bond donors (Lipinski definition) is 2. The van der Waals surface area contributed by atoms with Crippen LogP contribution in [0.5, 0.6) is 5.75 Å². The standard InChI is InChI=1S/C20H19N5OS/c1-25(14-7-4-8-15(10-14)26-2)17-11-16-18(22)23-19(24-20(16)27-17)12-5-3-6-13(21)9-12/h3-11H,21H2,1-2H3,(H2,22,23,24). The summed E-state index contributed by atoms with van der Waals surface area (Å²) in [6, 6.07) is 17.4. The third-order valence-electron chi connectivity index (χ3n) is 4.33. The summed E-state index contributed by atoms with van der Waals surface area (Å²) in [6.07, 6.45) is 0. The van der Waals surface area contributed by atoms with E-state index in [0.717, 1.165) is 32.2 Å². The SMILES string of the molecule is COc1cccc(N(C)c2cc3c(N)nc(-c4cccc(N)c4)nc3s2)c1. The summed E-state index contributed by atoms with van der Waals surface area (Å²) in [4.78, 5) is 12.1. The van der Waals surface area contributed by atoms with E-state index < -0.39 is 0 Å². The van der Waals surface area contributed by atoms with Crippen LogP contribution < -0.4 is 21.1 Å². The van der Waals surface area contributed by atoms with Crippen LogP contribution >= 0.6 is 11.3 Å². The first-order valence-corrected chi connectivity index (χ1v) is 9.17. The number of nitrogen functional groups attached to an aromatic ring is 2. The molecule has 136 valence electrons. The first-order valence-electron chi connectivity index (χ1n) is 8.36. The first-order chi connectivity index (χ1) is 13.0. The number of nitrogens with two attached hydrogens (primary N) is 2. The number of ether oxygens (including phenoxy) is 1. The van der Waals surface area contributed by atoms with Crippen LogP contribution in [0.3, 0.4) is 0 Å². The lowest BCUT2D eigenvalue weighted by molar-refractivity contribution is 0.415. The average molecular weight is 377 g/mol. The maximum Gasteiger partial charge on any atom is 0.163 e. The van der Waals surface area contributed by atoms with Gasteiger partial charge in [0.2, 0.25) is 0 Å². The monoisotopic (exact) mass is 377 g/mol. The van der Waals surface area contributed by atoms with Crippen molar-refractivity contribution in [2.75, 3.05) is 30.5 Å². The van der Waals surface area contributed by atoms with E-state index in [1.54, 1.807) is 18.4 Å². The van der Waals surface area contributed by atoms with E-state index >= 15 is 0 Å². The molecule has 0 atom stereocenters. The highest BCUT2D eigenvalue weighted by atomic mass is 32.1. The fourth-order valence-corrected chi connectivity index (χ4v) is 3.87. The topological polar surface area (TPSA) is 90.3 Å². The van der Waals surface area contributed by atoms with Crippen LogP contribution in [0.25, 0.3) is 21.6 Å². The van der Waals surface area contributed by atoms with Crippen LogP contribution in [0, 0.1) is 0 Å². The summed E-state index contributed by atoms with van der Waals surface area (Å²) < 4.78 is 5.32. The zero-order chi connectivity index (χ0) is 19.0. The van der Waals surface area contributed by atoms with Gasteiger partial charge in [-0.05, 0) is 30.3 Å². The molecule has 0 aliphatic heterocycles. The molecule has 2 aromatic carbocycles. The molecule has 4 aromatic rings. The molecule has 27 heavy (non-hydrogen) atoms. The van der Waals surface area contributed by atoms with Gasteiger partial charge in [0.1, 0.15) is 16.4 Å². The highest BCUT2D eigenvalue weighted by molar-refractivity contribution is 7.22. The van der Waals surface area contributed by atoms with Crippen LogP contribution in [-0.2, 0) is 0 Å². The quantitative estimate of drug-likeness (QED) is 0.515. The molecule has 4 N–H and O–H groups in total. The van der Waals surface area contributed by atoms with Gasteiger partial charge in [0.25, 0.3) is 0 Å². The van der Waals surface area contributed by atoms with Crippen LogP contribution in [0.4, 0.5) is 22.2 Å². The van der Waals surface area contributed by atoms with Gasteiger partial charge in [-0.1, -0.05) is 29.5 Å². The van der Waals surface area contributed by atoms with Crippen molar-refractivity contribution in [3.05, 3.63) is 54.6 Å². The predicted octanol–water partition coefficient (Wildman–Crippen LogP) is 4.30. The minimum Gasteiger partial charge on any atom is -0.497 e. The zero-order valence-corrected chi connectivity index (χ0v) is 15.8. The third-order valence-corrected chi connectivity index (χ3v) is 5.43. The Kier molecular flexibility index (Phi) is 4.29. The minimum absolute atomic E-state index is 0.457. The number of anilines is 4. The normalized spacial score (nSPS) is 10.9. The van der Waals surface area contributed by atoms with Gasteiger partial charge in [0, 0.05) is 30.1 Å². The Morgan fingerprint density at radius 1 is 1.00 bits per heavy atom. The summed E-state index contributed by atoms with van der Waals surface area (Å²) in [5.41, 5.74) is 14.6. The average Bonchev–Trinajstić information content (AvgIpc) is 3.12. The van der Waals surface area contributed by atoms with Crippen LogP contribution in [0.15, 0.2) is 54.6 Å². The van der Waals surface area contributed by atoms with Crippen LogP contribution in [-0.4, -0.2) is 24.1 Å². The molecule has 0 aliphatic rings. The molecular weight excluding hydrogens is 358 g/mol. The molecule has 0 saturated carbocycles. The summed E-state index contributed by atoms with van der Waals surface area (Å²) in [5.74, 6) is 1.84. The van der Waals surface area contributed by atoms with Gasteiger partial charge < -0.3 is 21.1 Å². The molecule has 2 heterocycles. The fraction of sp³-hybridized carbons (Fsp3) is 0.100. The largest absolute Gasteiger partial charge is 0.497 e. The van der Waals surface area contributed by atoms with Gasteiger partial charge >= 0.3 is 0 Å². The van der Waals surface area contributed by atoms with E-state index in [1.165, 1.54) is 0 Å². The van der Waals surface area contributed by atoms with Gasteiger partial charge in [-0.2, -0.15) is 0 Å². The second kappa shape index (κ2) is 6.77.